The molecule has 1 aromatic rings. The topological polar surface area (TPSA) is 58.6 Å². The number of carbonyl (C=O) groups excluding carboxylic acids is 1. The molecule has 13 heavy (non-hydrogen) atoms. The summed E-state index contributed by atoms with van der Waals surface area (Å²) >= 11 is 0. The van der Waals surface area contributed by atoms with E-state index in [1.54, 1.807) is 24.3 Å². The van der Waals surface area contributed by atoms with Crippen LogP contribution in [0.2, 0.25) is 0 Å². The molecule has 0 radical (unpaired) electrons. The molecule has 4 nitrogen and oxygen atoms in total. The number of benzene rings is 1. The average Bonchev–Trinajstić information content (AvgIpc) is 2.20. The molecule has 1 aliphatic heterocycles. The molecule has 2 N–H and O–H groups in total. The van der Waals surface area contributed by atoms with E-state index < -0.39 is 11.9 Å². The molecule has 0 bridgehead atoms. The normalized spacial score (nSPS) is 14.8. The summed E-state index contributed by atoms with van der Waals surface area (Å²) in [6.45, 7) is 0. The minimum absolute atomic E-state index is 0.401. The van der Waals surface area contributed by atoms with Crippen molar-refractivity contribution in [1.29, 1.82) is 0 Å². The Morgan fingerprint density at radius 3 is 2.92 bits per heavy atom. The third-order valence-electron chi connectivity index (χ3n) is 1.61. The Balaban J connectivity index is 2.46. The Labute approximate surface area is 74.4 Å². The van der Waals surface area contributed by atoms with Gasteiger partial charge in [-0.3, -0.25) is 4.79 Å². The molecule has 4 heteroatoms. The maximum Gasteiger partial charge on any atom is 0.287 e. The van der Waals surface area contributed by atoms with Crippen molar-refractivity contribution in [3.8, 4) is 5.75 Å². The highest BCUT2D eigenvalue weighted by atomic mass is 16.6. The van der Waals surface area contributed by atoms with Gasteiger partial charge in [-0.15, -0.1) is 0 Å². The second-order valence-electron chi connectivity index (χ2n) is 2.57. The Morgan fingerprint density at radius 2 is 2.08 bits per heavy atom. The van der Waals surface area contributed by atoms with E-state index in [-0.39, 0.29) is 0 Å². The fourth-order valence-corrected chi connectivity index (χ4v) is 1.08. The van der Waals surface area contributed by atoms with E-state index in [1.165, 1.54) is 0 Å². The van der Waals surface area contributed by atoms with Crippen LogP contribution in [0.3, 0.4) is 0 Å². The quantitative estimate of drug-likeness (QED) is 0.630. The van der Waals surface area contributed by atoms with Crippen molar-refractivity contribution in [1.82, 2.24) is 0 Å². The fraction of sp³-hybridized carbons (Fsp3) is 0. The smallest absolute Gasteiger partial charge is 0.287 e. The standard InChI is InChI=1S/C9H7NO3/c11-8-5-9(12)13-7-4-2-1-3-6(7)10-8/h1-5,12H,(H,10,11). The van der Waals surface area contributed by atoms with Crippen LogP contribution in [0.1, 0.15) is 0 Å². The summed E-state index contributed by atoms with van der Waals surface area (Å²) in [7, 11) is 0. The van der Waals surface area contributed by atoms with Gasteiger partial charge in [0.25, 0.3) is 11.9 Å². The maximum absolute atomic E-state index is 11.0. The van der Waals surface area contributed by atoms with Crippen LogP contribution in [0, 0.1) is 0 Å². The summed E-state index contributed by atoms with van der Waals surface area (Å²) < 4.78 is 4.96. The molecule has 0 saturated heterocycles. The van der Waals surface area contributed by atoms with Crippen LogP contribution in [0.15, 0.2) is 36.3 Å². The molecular weight excluding hydrogens is 170 g/mol. The van der Waals surface area contributed by atoms with Gasteiger partial charge in [0.05, 0.1) is 11.8 Å². The first-order chi connectivity index (χ1) is 6.25. The van der Waals surface area contributed by atoms with E-state index >= 15 is 0 Å². The minimum atomic E-state index is -0.401. The fourth-order valence-electron chi connectivity index (χ4n) is 1.08. The van der Waals surface area contributed by atoms with Crippen LogP contribution >= 0.6 is 0 Å². The second kappa shape index (κ2) is 2.82. The van der Waals surface area contributed by atoms with Gasteiger partial charge in [0, 0.05) is 0 Å². The van der Waals surface area contributed by atoms with Crippen LogP contribution < -0.4 is 10.1 Å². The number of nitrogens with one attached hydrogen (secondary N) is 1. The number of fused-ring (bicyclic) bond motifs is 1. The van der Waals surface area contributed by atoms with Crippen LogP contribution in [-0.4, -0.2) is 11.0 Å². The molecule has 2 rings (SSSR count). The summed E-state index contributed by atoms with van der Waals surface area (Å²) in [4.78, 5) is 11.0. The molecule has 1 heterocycles. The number of hydrogen-bond acceptors (Lipinski definition) is 3. The monoisotopic (exact) mass is 177 g/mol. The zero-order chi connectivity index (χ0) is 9.26. The highest BCUT2D eigenvalue weighted by Crippen LogP contribution is 2.26. The Bertz CT molecular complexity index is 384. The van der Waals surface area contributed by atoms with Crippen LogP contribution in [-0.2, 0) is 4.79 Å². The molecule has 0 atom stereocenters. The molecule has 0 fully saturated rings. The number of aliphatic hydroxyl groups is 1. The molecule has 0 spiro atoms. The lowest BCUT2D eigenvalue weighted by Gasteiger charge is -2.05. The Kier molecular flexibility index (Phi) is 1.66. The van der Waals surface area contributed by atoms with Crippen LogP contribution in [0.25, 0.3) is 0 Å². The van der Waals surface area contributed by atoms with Gasteiger partial charge in [0.15, 0.2) is 5.75 Å². The largest absolute Gasteiger partial charge is 0.481 e. The number of hydrogen-bond donors (Lipinski definition) is 2. The summed E-state index contributed by atoms with van der Waals surface area (Å²) in [5, 5.41) is 11.6. The zero-order valence-electron chi connectivity index (χ0n) is 6.65. The lowest BCUT2D eigenvalue weighted by Crippen LogP contribution is -2.06. The number of para-hydroxylation sites is 2. The Hall–Kier alpha value is -1.97. The SMILES string of the molecule is O=C1C=C(O)Oc2ccccc2N1. The van der Waals surface area contributed by atoms with Gasteiger partial charge in [0.1, 0.15) is 0 Å². The lowest BCUT2D eigenvalue weighted by atomic mass is 10.3. The molecule has 0 unspecified atom stereocenters. The van der Waals surface area contributed by atoms with Crippen molar-refractivity contribution in [3.05, 3.63) is 36.3 Å². The highest BCUT2D eigenvalue weighted by Gasteiger charge is 2.13. The highest BCUT2D eigenvalue weighted by molar-refractivity contribution is 6.01. The number of carbonyl (C=O) groups is 1. The molecule has 0 aliphatic carbocycles. The van der Waals surface area contributed by atoms with Gasteiger partial charge in [-0.1, -0.05) is 12.1 Å². The van der Waals surface area contributed by atoms with Gasteiger partial charge in [0.2, 0.25) is 0 Å². The predicted molar refractivity (Wildman–Crippen MR) is 46.4 cm³/mol. The van der Waals surface area contributed by atoms with Crippen LogP contribution in [0.4, 0.5) is 5.69 Å². The van der Waals surface area contributed by atoms with Gasteiger partial charge < -0.3 is 15.2 Å². The first-order valence-electron chi connectivity index (χ1n) is 3.74. The van der Waals surface area contributed by atoms with E-state index in [1.807, 2.05) is 0 Å². The van der Waals surface area contributed by atoms with Crippen molar-refractivity contribution in [2.24, 2.45) is 0 Å². The Morgan fingerprint density at radius 1 is 1.31 bits per heavy atom. The van der Waals surface area contributed by atoms with E-state index in [0.29, 0.717) is 11.4 Å². The third kappa shape index (κ3) is 1.46. The van der Waals surface area contributed by atoms with Crippen molar-refractivity contribution < 1.29 is 14.6 Å². The van der Waals surface area contributed by atoms with E-state index in [2.05, 4.69) is 5.32 Å². The molecule has 1 amide bonds. The molecule has 0 saturated carbocycles. The van der Waals surface area contributed by atoms with Crippen molar-refractivity contribution in [3.63, 3.8) is 0 Å². The molecule has 66 valence electrons. The van der Waals surface area contributed by atoms with Gasteiger partial charge >= 0.3 is 0 Å². The average molecular weight is 177 g/mol. The predicted octanol–water partition coefficient (Wildman–Crippen LogP) is 1.42. The molecule has 0 aromatic heterocycles. The third-order valence-corrected chi connectivity index (χ3v) is 1.61. The number of rotatable bonds is 0. The van der Waals surface area contributed by atoms with E-state index in [9.17, 15) is 4.79 Å². The van der Waals surface area contributed by atoms with Gasteiger partial charge in [-0.05, 0) is 12.1 Å². The van der Waals surface area contributed by atoms with Crippen molar-refractivity contribution in [2.45, 2.75) is 0 Å². The molecule has 1 aromatic carbocycles. The lowest BCUT2D eigenvalue weighted by molar-refractivity contribution is -0.112. The summed E-state index contributed by atoms with van der Waals surface area (Å²) in [6.07, 6.45) is 0.986. The number of anilines is 1. The minimum Gasteiger partial charge on any atom is -0.481 e. The molecule has 1 aliphatic rings. The first-order valence-corrected chi connectivity index (χ1v) is 3.74. The summed E-state index contributed by atoms with van der Waals surface area (Å²) in [5.74, 6) is -0.369. The van der Waals surface area contributed by atoms with Gasteiger partial charge in [-0.25, -0.2) is 0 Å². The number of ether oxygens (including phenoxy) is 1. The molecular formula is C9H7NO3. The number of amides is 1. The summed E-state index contributed by atoms with van der Waals surface area (Å²) in [6, 6.07) is 6.87. The zero-order valence-corrected chi connectivity index (χ0v) is 6.65. The van der Waals surface area contributed by atoms with Crippen molar-refractivity contribution >= 4 is 11.6 Å². The van der Waals surface area contributed by atoms with Gasteiger partial charge in [-0.2, -0.15) is 0 Å². The maximum atomic E-state index is 11.0. The van der Waals surface area contributed by atoms with Crippen molar-refractivity contribution in [2.75, 3.05) is 5.32 Å². The first kappa shape index (κ1) is 7.67. The number of aliphatic hydroxyl groups excluding tert-OH is 1. The van der Waals surface area contributed by atoms with E-state index in [0.717, 1.165) is 6.08 Å². The van der Waals surface area contributed by atoms with E-state index in [4.69, 9.17) is 9.84 Å². The van der Waals surface area contributed by atoms with Crippen LogP contribution in [0.5, 0.6) is 5.75 Å². The summed E-state index contributed by atoms with van der Waals surface area (Å²) in [5.41, 5.74) is 0.549. The second-order valence-corrected chi connectivity index (χ2v) is 2.57.